The molecule has 0 aliphatic heterocycles. The first-order valence-electron chi connectivity index (χ1n) is 9.70. The molecule has 0 bridgehead atoms. The van der Waals surface area contributed by atoms with Crippen molar-refractivity contribution in [2.24, 2.45) is 4.99 Å². The summed E-state index contributed by atoms with van der Waals surface area (Å²) in [6.45, 7) is 6.24. The molecule has 0 aliphatic rings. The average Bonchev–Trinajstić information content (AvgIpc) is 3.38. The van der Waals surface area contributed by atoms with Gasteiger partial charge in [0.15, 0.2) is 5.96 Å². The van der Waals surface area contributed by atoms with E-state index in [-0.39, 0.29) is 24.0 Å². The van der Waals surface area contributed by atoms with Gasteiger partial charge in [-0.1, -0.05) is 43.3 Å². The van der Waals surface area contributed by atoms with Gasteiger partial charge in [0.05, 0.1) is 12.2 Å². The van der Waals surface area contributed by atoms with Crippen molar-refractivity contribution in [3.63, 3.8) is 0 Å². The zero-order valence-electron chi connectivity index (χ0n) is 17.2. The Morgan fingerprint density at radius 1 is 1.07 bits per heavy atom. The van der Waals surface area contributed by atoms with Crippen LogP contribution in [0.2, 0.25) is 0 Å². The maximum Gasteiger partial charge on any atom is 0.191 e. The van der Waals surface area contributed by atoms with Crippen LogP contribution in [0, 0.1) is 0 Å². The van der Waals surface area contributed by atoms with Crippen LogP contribution in [0.5, 0.6) is 0 Å². The van der Waals surface area contributed by atoms with E-state index in [1.807, 2.05) is 16.9 Å². The molecule has 0 aliphatic carbocycles. The van der Waals surface area contributed by atoms with E-state index in [4.69, 9.17) is 4.52 Å². The molecule has 0 fully saturated rings. The van der Waals surface area contributed by atoms with E-state index < -0.39 is 0 Å². The molecule has 0 atom stereocenters. The molecule has 1 aromatic carbocycles. The molecule has 8 heteroatoms. The van der Waals surface area contributed by atoms with Gasteiger partial charge in [-0.05, 0) is 23.6 Å². The Morgan fingerprint density at radius 2 is 1.83 bits per heavy atom. The summed E-state index contributed by atoms with van der Waals surface area (Å²) in [5.74, 6) is 1.68. The number of benzene rings is 1. The van der Waals surface area contributed by atoms with Gasteiger partial charge in [-0.25, -0.2) is 0 Å². The summed E-state index contributed by atoms with van der Waals surface area (Å²) < 4.78 is 7.37. The largest absolute Gasteiger partial charge is 0.361 e. The van der Waals surface area contributed by atoms with Crippen LogP contribution >= 0.6 is 24.0 Å². The molecule has 0 unspecified atom stereocenters. The number of halogens is 1. The van der Waals surface area contributed by atoms with Crippen LogP contribution in [0.4, 0.5) is 0 Å². The highest BCUT2D eigenvalue weighted by Crippen LogP contribution is 2.15. The van der Waals surface area contributed by atoms with Gasteiger partial charge in [0.25, 0.3) is 0 Å². The molecular formula is C21H29IN6O. The first-order valence-corrected chi connectivity index (χ1v) is 9.70. The normalized spacial score (nSPS) is 11.2. The Kier molecular flexibility index (Phi) is 9.17. The van der Waals surface area contributed by atoms with Crippen LogP contribution in [0.3, 0.4) is 0 Å². The summed E-state index contributed by atoms with van der Waals surface area (Å²) >= 11 is 0. The summed E-state index contributed by atoms with van der Waals surface area (Å²) in [4.78, 5) is 4.34. The van der Waals surface area contributed by atoms with Crippen LogP contribution in [-0.4, -0.2) is 27.9 Å². The van der Waals surface area contributed by atoms with Crippen LogP contribution < -0.4 is 10.6 Å². The number of aliphatic imine (C=N–C) groups is 1. The van der Waals surface area contributed by atoms with Gasteiger partial charge in [0.1, 0.15) is 5.76 Å². The van der Waals surface area contributed by atoms with Gasteiger partial charge in [-0.15, -0.1) is 24.0 Å². The lowest BCUT2D eigenvalue weighted by molar-refractivity contribution is 0.380. The number of nitrogens with one attached hydrogen (secondary N) is 2. The summed E-state index contributed by atoms with van der Waals surface area (Å²) in [5.41, 5.74) is 4.58. The highest BCUT2D eigenvalue weighted by atomic mass is 127. The van der Waals surface area contributed by atoms with Crippen molar-refractivity contribution in [3.05, 3.63) is 70.9 Å². The molecule has 2 aromatic heterocycles. The van der Waals surface area contributed by atoms with E-state index in [0.717, 1.165) is 42.4 Å². The van der Waals surface area contributed by atoms with Crippen LogP contribution in [0.1, 0.15) is 42.0 Å². The summed E-state index contributed by atoms with van der Waals surface area (Å²) in [7, 11) is 1.78. The zero-order chi connectivity index (χ0) is 19.8. The Bertz CT molecular complexity index is 882. The van der Waals surface area contributed by atoms with Gasteiger partial charge < -0.3 is 15.2 Å². The monoisotopic (exact) mass is 508 g/mol. The van der Waals surface area contributed by atoms with Gasteiger partial charge in [0, 0.05) is 44.5 Å². The number of aryl methyl sites for hydroxylation is 2. The number of hydrogen-bond acceptors (Lipinski definition) is 4. The smallest absolute Gasteiger partial charge is 0.191 e. The second kappa shape index (κ2) is 11.6. The van der Waals surface area contributed by atoms with Gasteiger partial charge in [-0.2, -0.15) is 5.10 Å². The summed E-state index contributed by atoms with van der Waals surface area (Å²) in [6, 6.07) is 10.3. The Balaban J connectivity index is 0.00000300. The molecule has 0 saturated heterocycles. The van der Waals surface area contributed by atoms with Crippen molar-refractivity contribution >= 4 is 29.9 Å². The lowest BCUT2D eigenvalue weighted by atomic mass is 10.1. The zero-order valence-corrected chi connectivity index (χ0v) is 19.5. The molecule has 156 valence electrons. The fourth-order valence-corrected chi connectivity index (χ4v) is 3.16. The van der Waals surface area contributed by atoms with Gasteiger partial charge >= 0.3 is 0 Å². The van der Waals surface area contributed by atoms with E-state index in [0.29, 0.717) is 13.1 Å². The average molecular weight is 508 g/mol. The van der Waals surface area contributed by atoms with E-state index in [9.17, 15) is 0 Å². The van der Waals surface area contributed by atoms with E-state index >= 15 is 0 Å². The predicted octanol–water partition coefficient (Wildman–Crippen LogP) is 3.53. The molecule has 0 amide bonds. The molecular weight excluding hydrogens is 479 g/mol. The van der Waals surface area contributed by atoms with E-state index in [1.165, 1.54) is 11.1 Å². The van der Waals surface area contributed by atoms with Crippen LogP contribution in [0.25, 0.3) is 0 Å². The van der Waals surface area contributed by atoms with Crippen molar-refractivity contribution in [1.82, 2.24) is 25.6 Å². The minimum absolute atomic E-state index is 0. The molecule has 7 nitrogen and oxygen atoms in total. The lowest BCUT2D eigenvalue weighted by Gasteiger charge is -2.14. The molecule has 0 spiro atoms. The van der Waals surface area contributed by atoms with Gasteiger partial charge in [-0.3, -0.25) is 9.67 Å². The fourth-order valence-electron chi connectivity index (χ4n) is 3.16. The van der Waals surface area contributed by atoms with Gasteiger partial charge in [0.2, 0.25) is 0 Å². The molecule has 3 aromatic rings. The van der Waals surface area contributed by atoms with Crippen LogP contribution in [-0.2, 0) is 32.5 Å². The molecule has 3 rings (SSSR count). The first-order chi connectivity index (χ1) is 13.7. The second-order valence-corrected chi connectivity index (χ2v) is 6.49. The minimum Gasteiger partial charge on any atom is -0.361 e. The summed E-state index contributed by atoms with van der Waals surface area (Å²) in [6.07, 6.45) is 5.46. The third-order valence-electron chi connectivity index (χ3n) is 4.72. The Labute approximate surface area is 189 Å². The number of rotatable bonds is 8. The molecule has 0 radical (unpaired) electrons. The van der Waals surface area contributed by atoms with E-state index in [2.05, 4.69) is 64.0 Å². The third kappa shape index (κ3) is 6.06. The molecule has 2 N–H and O–H groups in total. The molecule has 2 heterocycles. The molecule has 29 heavy (non-hydrogen) atoms. The third-order valence-corrected chi connectivity index (χ3v) is 4.72. The van der Waals surface area contributed by atoms with Crippen molar-refractivity contribution in [2.45, 2.75) is 46.3 Å². The van der Waals surface area contributed by atoms with Crippen molar-refractivity contribution in [3.8, 4) is 0 Å². The predicted molar refractivity (Wildman–Crippen MR) is 125 cm³/mol. The van der Waals surface area contributed by atoms with Crippen molar-refractivity contribution < 1.29 is 4.52 Å². The highest BCUT2D eigenvalue weighted by molar-refractivity contribution is 14.0. The maximum absolute atomic E-state index is 5.44. The number of nitrogens with zero attached hydrogens (tertiary/aromatic N) is 4. The van der Waals surface area contributed by atoms with Crippen molar-refractivity contribution in [1.29, 1.82) is 0 Å². The maximum atomic E-state index is 5.44. The minimum atomic E-state index is 0. The second-order valence-electron chi connectivity index (χ2n) is 6.49. The summed E-state index contributed by atoms with van der Waals surface area (Å²) in [5, 5.41) is 15.2. The number of guanidine groups is 1. The standard InChI is InChI=1S/C21H28N6O.HI/c1-4-19-18(20(5-2)28-26-19)14-24-21(22-3)23-13-16-9-6-7-10-17(16)15-27-12-8-11-25-27;/h6-12H,4-5,13-15H2,1-3H3,(H2,22,23,24);1H. The fraction of sp³-hybridized carbons (Fsp3) is 0.381. The first kappa shape index (κ1) is 22.9. The van der Waals surface area contributed by atoms with Crippen molar-refractivity contribution in [2.75, 3.05) is 7.05 Å². The molecule has 0 saturated carbocycles. The highest BCUT2D eigenvalue weighted by Gasteiger charge is 2.13. The Hall–Kier alpha value is -2.36. The SMILES string of the molecule is CCc1noc(CC)c1CNC(=NC)NCc1ccccc1Cn1cccn1.I. The number of aromatic nitrogens is 3. The van der Waals surface area contributed by atoms with Crippen LogP contribution in [0.15, 0.2) is 52.2 Å². The number of hydrogen-bond donors (Lipinski definition) is 2. The lowest BCUT2D eigenvalue weighted by Crippen LogP contribution is -2.36. The Morgan fingerprint density at radius 3 is 2.48 bits per heavy atom. The van der Waals surface area contributed by atoms with E-state index in [1.54, 1.807) is 13.2 Å². The quantitative estimate of drug-likeness (QED) is 0.277. The topological polar surface area (TPSA) is 80.3 Å².